The van der Waals surface area contributed by atoms with Gasteiger partial charge in [-0.2, -0.15) is 0 Å². The molecule has 1 saturated heterocycles. The van der Waals surface area contributed by atoms with Gasteiger partial charge in [0.05, 0.1) is 17.3 Å². The van der Waals surface area contributed by atoms with E-state index in [1.807, 2.05) is 13.8 Å². The highest BCUT2D eigenvalue weighted by atomic mass is 16.5. The fraction of sp³-hybridized carbons (Fsp3) is 1.00. The van der Waals surface area contributed by atoms with Gasteiger partial charge in [0.1, 0.15) is 0 Å². The summed E-state index contributed by atoms with van der Waals surface area (Å²) in [4.78, 5) is 2.64. The molecule has 1 N–H and O–H groups in total. The quantitative estimate of drug-likeness (QED) is 0.830. The molecule has 0 amide bonds. The van der Waals surface area contributed by atoms with Crippen molar-refractivity contribution in [2.24, 2.45) is 11.8 Å². The standard InChI is InChI=1S/C16H29NO2/c1-15(2)13(14(18)16(3,4)19-15)10-17(12-7-8-12)9-11-5-6-11/h11-14,18H,5-10H2,1-4H3. The molecular weight excluding hydrogens is 238 g/mol. The Morgan fingerprint density at radius 1 is 1.00 bits per heavy atom. The molecule has 1 aliphatic heterocycles. The zero-order chi connectivity index (χ0) is 13.8. The molecule has 3 rings (SSSR count). The van der Waals surface area contributed by atoms with E-state index < -0.39 is 5.60 Å². The van der Waals surface area contributed by atoms with Crippen LogP contribution in [0.2, 0.25) is 0 Å². The molecule has 0 aromatic carbocycles. The fourth-order valence-corrected chi connectivity index (χ4v) is 3.70. The summed E-state index contributed by atoms with van der Waals surface area (Å²) in [6.45, 7) is 10.5. The highest BCUT2D eigenvalue weighted by Gasteiger charge is 2.54. The van der Waals surface area contributed by atoms with E-state index in [0.717, 1.165) is 18.5 Å². The van der Waals surface area contributed by atoms with E-state index in [9.17, 15) is 5.11 Å². The maximum absolute atomic E-state index is 10.6. The van der Waals surface area contributed by atoms with E-state index in [4.69, 9.17) is 4.74 Å². The number of hydrogen-bond donors (Lipinski definition) is 1. The number of aliphatic hydroxyl groups excluding tert-OH is 1. The number of hydrogen-bond acceptors (Lipinski definition) is 3. The van der Waals surface area contributed by atoms with Gasteiger partial charge in [-0.3, -0.25) is 4.90 Å². The predicted octanol–water partition coefficient (Wildman–Crippen LogP) is 2.43. The number of nitrogens with zero attached hydrogens (tertiary/aromatic N) is 1. The maximum atomic E-state index is 10.6. The second-order valence-electron chi connectivity index (χ2n) is 7.99. The van der Waals surface area contributed by atoms with Crippen molar-refractivity contribution in [3.63, 3.8) is 0 Å². The molecule has 3 heteroatoms. The lowest BCUT2D eigenvalue weighted by molar-refractivity contribution is -0.0914. The van der Waals surface area contributed by atoms with Gasteiger partial charge < -0.3 is 9.84 Å². The molecule has 0 radical (unpaired) electrons. The smallest absolute Gasteiger partial charge is 0.0896 e. The Bertz CT molecular complexity index is 345. The van der Waals surface area contributed by atoms with E-state index in [1.54, 1.807) is 0 Å². The van der Waals surface area contributed by atoms with E-state index in [2.05, 4.69) is 18.7 Å². The van der Waals surface area contributed by atoms with Crippen molar-refractivity contribution < 1.29 is 9.84 Å². The van der Waals surface area contributed by atoms with Gasteiger partial charge in [0.15, 0.2) is 0 Å². The van der Waals surface area contributed by atoms with Crippen LogP contribution in [0.25, 0.3) is 0 Å². The van der Waals surface area contributed by atoms with E-state index >= 15 is 0 Å². The van der Waals surface area contributed by atoms with E-state index in [1.165, 1.54) is 32.2 Å². The lowest BCUT2D eigenvalue weighted by atomic mass is 9.84. The maximum Gasteiger partial charge on any atom is 0.0896 e. The predicted molar refractivity (Wildman–Crippen MR) is 76.1 cm³/mol. The molecule has 3 nitrogen and oxygen atoms in total. The molecule has 0 aromatic rings. The van der Waals surface area contributed by atoms with Crippen LogP contribution in [0.4, 0.5) is 0 Å². The summed E-state index contributed by atoms with van der Waals surface area (Å²) in [5, 5.41) is 10.6. The second-order valence-corrected chi connectivity index (χ2v) is 7.99. The minimum Gasteiger partial charge on any atom is -0.390 e. The third-order valence-electron chi connectivity index (χ3n) is 5.20. The van der Waals surface area contributed by atoms with Crippen LogP contribution in [-0.2, 0) is 4.74 Å². The molecule has 3 aliphatic rings. The van der Waals surface area contributed by atoms with Crippen LogP contribution < -0.4 is 0 Å². The Morgan fingerprint density at radius 2 is 1.63 bits per heavy atom. The van der Waals surface area contributed by atoms with Crippen molar-refractivity contribution in [1.82, 2.24) is 4.90 Å². The normalized spacial score (nSPS) is 36.9. The van der Waals surface area contributed by atoms with Crippen LogP contribution in [0, 0.1) is 11.8 Å². The van der Waals surface area contributed by atoms with Gasteiger partial charge in [-0.25, -0.2) is 0 Å². The lowest BCUT2D eigenvalue weighted by Crippen LogP contribution is -2.44. The van der Waals surface area contributed by atoms with Gasteiger partial charge in [-0.1, -0.05) is 0 Å². The third-order valence-corrected chi connectivity index (χ3v) is 5.20. The van der Waals surface area contributed by atoms with Crippen molar-refractivity contribution >= 4 is 0 Å². The molecule has 0 spiro atoms. The topological polar surface area (TPSA) is 32.7 Å². The fourth-order valence-electron chi connectivity index (χ4n) is 3.70. The van der Waals surface area contributed by atoms with Crippen molar-refractivity contribution in [3.05, 3.63) is 0 Å². The monoisotopic (exact) mass is 267 g/mol. The largest absolute Gasteiger partial charge is 0.390 e. The molecule has 110 valence electrons. The molecule has 19 heavy (non-hydrogen) atoms. The average Bonchev–Trinajstić information content (AvgIpc) is 3.11. The molecule has 2 aliphatic carbocycles. The Morgan fingerprint density at radius 3 is 2.05 bits per heavy atom. The Hall–Kier alpha value is -0.120. The van der Waals surface area contributed by atoms with Crippen LogP contribution in [0.15, 0.2) is 0 Å². The van der Waals surface area contributed by atoms with Crippen molar-refractivity contribution in [1.29, 1.82) is 0 Å². The van der Waals surface area contributed by atoms with Crippen LogP contribution in [-0.4, -0.2) is 46.4 Å². The first-order chi connectivity index (χ1) is 8.79. The van der Waals surface area contributed by atoms with E-state index in [0.29, 0.717) is 0 Å². The van der Waals surface area contributed by atoms with Crippen LogP contribution >= 0.6 is 0 Å². The Labute approximate surface area is 117 Å². The molecule has 3 fully saturated rings. The Balaban J connectivity index is 1.69. The molecule has 2 saturated carbocycles. The van der Waals surface area contributed by atoms with Gasteiger partial charge >= 0.3 is 0 Å². The highest BCUT2D eigenvalue weighted by Crippen LogP contribution is 2.44. The lowest BCUT2D eigenvalue weighted by Gasteiger charge is -2.33. The van der Waals surface area contributed by atoms with Crippen LogP contribution in [0.5, 0.6) is 0 Å². The van der Waals surface area contributed by atoms with Gasteiger partial charge in [0.25, 0.3) is 0 Å². The summed E-state index contributed by atoms with van der Waals surface area (Å²) < 4.78 is 6.11. The summed E-state index contributed by atoms with van der Waals surface area (Å²) in [7, 11) is 0. The van der Waals surface area contributed by atoms with Gasteiger partial charge in [0, 0.05) is 25.0 Å². The zero-order valence-electron chi connectivity index (χ0n) is 12.9. The summed E-state index contributed by atoms with van der Waals surface area (Å²) >= 11 is 0. The van der Waals surface area contributed by atoms with Gasteiger partial charge in [0.2, 0.25) is 0 Å². The summed E-state index contributed by atoms with van der Waals surface area (Å²) in [6.07, 6.45) is 5.15. The summed E-state index contributed by atoms with van der Waals surface area (Å²) in [6, 6.07) is 0.785. The van der Waals surface area contributed by atoms with Crippen LogP contribution in [0.3, 0.4) is 0 Å². The molecule has 0 bridgehead atoms. The first kappa shape index (κ1) is 13.8. The highest BCUT2D eigenvalue weighted by molar-refractivity contribution is 5.03. The van der Waals surface area contributed by atoms with Crippen molar-refractivity contribution in [3.8, 4) is 0 Å². The van der Waals surface area contributed by atoms with Crippen LogP contribution in [0.1, 0.15) is 53.4 Å². The summed E-state index contributed by atoms with van der Waals surface area (Å²) in [5.74, 6) is 1.15. The third kappa shape index (κ3) is 2.84. The molecule has 2 unspecified atom stereocenters. The zero-order valence-corrected chi connectivity index (χ0v) is 12.9. The minimum absolute atomic E-state index is 0.223. The van der Waals surface area contributed by atoms with Crippen molar-refractivity contribution in [2.45, 2.75) is 76.7 Å². The molecule has 1 heterocycles. The minimum atomic E-state index is -0.414. The summed E-state index contributed by atoms with van der Waals surface area (Å²) in [5.41, 5.74) is -0.636. The number of aliphatic hydroxyl groups is 1. The van der Waals surface area contributed by atoms with Gasteiger partial charge in [-0.05, 0) is 59.3 Å². The SMILES string of the molecule is CC1(C)OC(C)(C)C(CN(CC2CC2)C2CC2)C1O. The average molecular weight is 267 g/mol. The van der Waals surface area contributed by atoms with Gasteiger partial charge in [-0.15, -0.1) is 0 Å². The van der Waals surface area contributed by atoms with Crippen molar-refractivity contribution in [2.75, 3.05) is 13.1 Å². The molecular formula is C16H29NO2. The number of ether oxygens (including phenoxy) is 1. The second kappa shape index (κ2) is 4.44. The number of rotatable bonds is 5. The van der Waals surface area contributed by atoms with E-state index in [-0.39, 0.29) is 17.6 Å². The molecule has 2 atom stereocenters. The molecule has 0 aromatic heterocycles. The first-order valence-corrected chi connectivity index (χ1v) is 7.92. The Kier molecular flexibility index (Phi) is 3.23. The first-order valence-electron chi connectivity index (χ1n) is 7.92.